The standard InChI is InChI=1S/C13H13NO2/c1-15-10-16-13-9-5-8-12(14-13)11-6-3-2-4-7-11/h2-9H,10H2,1H3. The summed E-state index contributed by atoms with van der Waals surface area (Å²) in [6, 6.07) is 15.7. The Morgan fingerprint density at radius 2 is 1.81 bits per heavy atom. The summed E-state index contributed by atoms with van der Waals surface area (Å²) in [5, 5.41) is 0. The van der Waals surface area contributed by atoms with E-state index in [2.05, 4.69) is 4.98 Å². The van der Waals surface area contributed by atoms with Gasteiger partial charge < -0.3 is 9.47 Å². The van der Waals surface area contributed by atoms with Gasteiger partial charge in [-0.25, -0.2) is 4.98 Å². The lowest BCUT2D eigenvalue weighted by molar-refractivity contribution is 0.0479. The van der Waals surface area contributed by atoms with Crippen LogP contribution in [-0.2, 0) is 4.74 Å². The molecule has 0 radical (unpaired) electrons. The normalized spacial score (nSPS) is 10.1. The average molecular weight is 215 g/mol. The van der Waals surface area contributed by atoms with E-state index in [-0.39, 0.29) is 6.79 Å². The molecule has 0 N–H and O–H groups in total. The molecule has 0 atom stereocenters. The molecule has 1 aromatic carbocycles. The van der Waals surface area contributed by atoms with Crippen LogP contribution in [-0.4, -0.2) is 18.9 Å². The van der Waals surface area contributed by atoms with E-state index in [1.54, 1.807) is 7.11 Å². The van der Waals surface area contributed by atoms with E-state index in [0.717, 1.165) is 11.3 Å². The van der Waals surface area contributed by atoms with E-state index in [9.17, 15) is 0 Å². The second-order valence-corrected chi connectivity index (χ2v) is 3.28. The van der Waals surface area contributed by atoms with Crippen LogP contribution in [0.1, 0.15) is 0 Å². The topological polar surface area (TPSA) is 31.4 Å². The molecule has 0 aliphatic heterocycles. The van der Waals surface area contributed by atoms with Crippen molar-refractivity contribution in [1.29, 1.82) is 0 Å². The zero-order chi connectivity index (χ0) is 11.2. The lowest BCUT2D eigenvalue weighted by Crippen LogP contribution is -2.00. The minimum absolute atomic E-state index is 0.214. The maximum absolute atomic E-state index is 5.28. The first-order chi connectivity index (χ1) is 7.90. The molecule has 3 heteroatoms. The zero-order valence-corrected chi connectivity index (χ0v) is 9.09. The van der Waals surface area contributed by atoms with Crippen LogP contribution in [0.3, 0.4) is 0 Å². The van der Waals surface area contributed by atoms with Crippen molar-refractivity contribution in [1.82, 2.24) is 4.98 Å². The number of pyridine rings is 1. The van der Waals surface area contributed by atoms with E-state index in [1.807, 2.05) is 48.5 Å². The number of benzene rings is 1. The maximum atomic E-state index is 5.28. The lowest BCUT2D eigenvalue weighted by atomic mass is 10.1. The number of aromatic nitrogens is 1. The molecule has 2 rings (SSSR count). The van der Waals surface area contributed by atoms with E-state index in [1.165, 1.54) is 0 Å². The predicted molar refractivity (Wildman–Crippen MR) is 62.2 cm³/mol. The fourth-order valence-corrected chi connectivity index (χ4v) is 1.38. The van der Waals surface area contributed by atoms with Crippen LogP contribution in [0.15, 0.2) is 48.5 Å². The van der Waals surface area contributed by atoms with Gasteiger partial charge >= 0.3 is 0 Å². The predicted octanol–water partition coefficient (Wildman–Crippen LogP) is 2.73. The second kappa shape index (κ2) is 5.28. The fraction of sp³-hybridized carbons (Fsp3) is 0.154. The Morgan fingerprint density at radius 3 is 2.56 bits per heavy atom. The van der Waals surface area contributed by atoms with E-state index >= 15 is 0 Å². The van der Waals surface area contributed by atoms with Crippen LogP contribution >= 0.6 is 0 Å². The molecule has 0 bridgehead atoms. The number of nitrogens with zero attached hydrogens (tertiary/aromatic N) is 1. The maximum Gasteiger partial charge on any atom is 0.216 e. The van der Waals surface area contributed by atoms with Crippen LogP contribution in [0, 0.1) is 0 Å². The van der Waals surface area contributed by atoms with Gasteiger partial charge in [-0.3, -0.25) is 0 Å². The summed E-state index contributed by atoms with van der Waals surface area (Å²) in [7, 11) is 1.58. The van der Waals surface area contributed by atoms with Gasteiger partial charge in [0.25, 0.3) is 0 Å². The van der Waals surface area contributed by atoms with E-state index in [0.29, 0.717) is 5.88 Å². The van der Waals surface area contributed by atoms with Crippen LogP contribution in [0.2, 0.25) is 0 Å². The van der Waals surface area contributed by atoms with Crippen LogP contribution < -0.4 is 4.74 Å². The molecule has 0 saturated heterocycles. The first-order valence-corrected chi connectivity index (χ1v) is 5.04. The van der Waals surface area contributed by atoms with Crippen molar-refractivity contribution in [2.24, 2.45) is 0 Å². The summed E-state index contributed by atoms with van der Waals surface area (Å²) >= 11 is 0. The van der Waals surface area contributed by atoms with Crippen molar-refractivity contribution < 1.29 is 9.47 Å². The van der Waals surface area contributed by atoms with Gasteiger partial charge in [-0.2, -0.15) is 0 Å². The van der Waals surface area contributed by atoms with Crippen LogP contribution in [0.5, 0.6) is 5.88 Å². The minimum atomic E-state index is 0.214. The van der Waals surface area contributed by atoms with Crippen molar-refractivity contribution in [3.8, 4) is 17.1 Å². The quantitative estimate of drug-likeness (QED) is 0.735. The third-order valence-electron chi connectivity index (χ3n) is 2.12. The SMILES string of the molecule is COCOc1cccc(-c2ccccc2)n1. The van der Waals surface area contributed by atoms with Crippen molar-refractivity contribution in [3.05, 3.63) is 48.5 Å². The summed E-state index contributed by atoms with van der Waals surface area (Å²) in [6.07, 6.45) is 0. The number of hydrogen-bond acceptors (Lipinski definition) is 3. The van der Waals surface area contributed by atoms with Crippen molar-refractivity contribution in [3.63, 3.8) is 0 Å². The molecule has 1 heterocycles. The Balaban J connectivity index is 2.22. The van der Waals surface area contributed by atoms with Gasteiger partial charge in [-0.15, -0.1) is 0 Å². The van der Waals surface area contributed by atoms with E-state index in [4.69, 9.17) is 9.47 Å². The largest absolute Gasteiger partial charge is 0.451 e. The Bertz CT molecular complexity index is 443. The monoisotopic (exact) mass is 215 g/mol. The Labute approximate surface area is 94.7 Å². The smallest absolute Gasteiger partial charge is 0.216 e. The first-order valence-electron chi connectivity index (χ1n) is 5.04. The molecular formula is C13H13NO2. The molecule has 0 amide bonds. The molecule has 3 nitrogen and oxygen atoms in total. The van der Waals surface area contributed by atoms with Gasteiger partial charge in [0.15, 0.2) is 6.79 Å². The molecule has 0 aliphatic rings. The third-order valence-corrected chi connectivity index (χ3v) is 2.12. The Kier molecular flexibility index (Phi) is 3.51. The molecule has 0 fully saturated rings. The Hall–Kier alpha value is -1.87. The molecule has 2 aromatic rings. The highest BCUT2D eigenvalue weighted by Gasteiger charge is 2.00. The first kappa shape index (κ1) is 10.6. The summed E-state index contributed by atoms with van der Waals surface area (Å²) in [5.41, 5.74) is 1.97. The summed E-state index contributed by atoms with van der Waals surface area (Å²) in [5.74, 6) is 0.572. The van der Waals surface area contributed by atoms with Gasteiger partial charge in [0.1, 0.15) is 0 Å². The minimum Gasteiger partial charge on any atom is -0.451 e. The molecule has 1 aromatic heterocycles. The fourth-order valence-electron chi connectivity index (χ4n) is 1.38. The van der Waals surface area contributed by atoms with E-state index < -0.39 is 0 Å². The number of ether oxygens (including phenoxy) is 2. The molecule has 0 spiro atoms. The average Bonchev–Trinajstić information content (AvgIpc) is 2.38. The molecule has 0 aliphatic carbocycles. The highest BCUT2D eigenvalue weighted by atomic mass is 16.7. The van der Waals surface area contributed by atoms with Crippen molar-refractivity contribution in [2.75, 3.05) is 13.9 Å². The second-order valence-electron chi connectivity index (χ2n) is 3.28. The number of hydrogen-bond donors (Lipinski definition) is 0. The van der Waals surface area contributed by atoms with Crippen LogP contribution in [0.25, 0.3) is 11.3 Å². The van der Waals surface area contributed by atoms with Crippen molar-refractivity contribution >= 4 is 0 Å². The number of rotatable bonds is 4. The molecule has 82 valence electrons. The molecule has 0 unspecified atom stereocenters. The third kappa shape index (κ3) is 2.58. The molecule has 0 saturated carbocycles. The van der Waals surface area contributed by atoms with Gasteiger partial charge in [0.05, 0.1) is 5.69 Å². The zero-order valence-electron chi connectivity index (χ0n) is 9.09. The summed E-state index contributed by atoms with van der Waals surface area (Å²) in [6.45, 7) is 0.214. The number of methoxy groups -OCH3 is 1. The van der Waals surface area contributed by atoms with Crippen molar-refractivity contribution in [2.45, 2.75) is 0 Å². The van der Waals surface area contributed by atoms with Gasteiger partial charge in [0.2, 0.25) is 5.88 Å². The molecular weight excluding hydrogens is 202 g/mol. The van der Waals surface area contributed by atoms with Gasteiger partial charge in [0, 0.05) is 18.7 Å². The highest BCUT2D eigenvalue weighted by molar-refractivity contribution is 5.59. The Morgan fingerprint density at radius 1 is 1.00 bits per heavy atom. The van der Waals surface area contributed by atoms with Crippen LogP contribution in [0.4, 0.5) is 0 Å². The van der Waals surface area contributed by atoms with Gasteiger partial charge in [-0.05, 0) is 6.07 Å². The highest BCUT2D eigenvalue weighted by Crippen LogP contribution is 2.18. The lowest BCUT2D eigenvalue weighted by Gasteiger charge is -2.05. The summed E-state index contributed by atoms with van der Waals surface area (Å²) < 4.78 is 10.1. The summed E-state index contributed by atoms with van der Waals surface area (Å²) in [4.78, 5) is 4.38. The molecule has 16 heavy (non-hydrogen) atoms. The van der Waals surface area contributed by atoms with Gasteiger partial charge in [-0.1, -0.05) is 36.4 Å².